The lowest BCUT2D eigenvalue weighted by Gasteiger charge is -2.25. The maximum atomic E-state index is 10.9. The van der Waals surface area contributed by atoms with Crippen molar-refractivity contribution in [2.24, 2.45) is 5.41 Å². The number of anilines is 2. The van der Waals surface area contributed by atoms with Crippen LogP contribution in [0.4, 0.5) is 11.4 Å². The normalized spacial score (nSPS) is 15.6. The first-order valence-corrected chi connectivity index (χ1v) is 6.18. The smallest absolute Gasteiger partial charge is 0.335 e. The Morgan fingerprint density at radius 1 is 1.58 bits per heavy atom. The molecule has 0 unspecified atom stereocenters. The molecule has 0 saturated heterocycles. The highest BCUT2D eigenvalue weighted by molar-refractivity contribution is 5.90. The van der Waals surface area contributed by atoms with Crippen LogP contribution in [0.1, 0.15) is 29.6 Å². The second-order valence-electron chi connectivity index (χ2n) is 5.27. The third-order valence-corrected chi connectivity index (χ3v) is 3.67. The number of hydrogen-bond donors (Lipinski definition) is 2. The van der Waals surface area contributed by atoms with Crippen LogP contribution in [0.15, 0.2) is 18.2 Å². The van der Waals surface area contributed by atoms with Gasteiger partial charge in [-0.05, 0) is 31.0 Å². The fourth-order valence-electron chi connectivity index (χ4n) is 2.36. The van der Waals surface area contributed by atoms with E-state index in [2.05, 4.69) is 6.07 Å². The van der Waals surface area contributed by atoms with E-state index in [1.807, 2.05) is 11.9 Å². The van der Waals surface area contributed by atoms with E-state index in [-0.39, 0.29) is 11.0 Å². The Morgan fingerprint density at radius 2 is 2.26 bits per heavy atom. The van der Waals surface area contributed by atoms with Crippen molar-refractivity contribution < 1.29 is 9.90 Å². The molecule has 100 valence electrons. The van der Waals surface area contributed by atoms with E-state index in [4.69, 9.17) is 16.1 Å². The van der Waals surface area contributed by atoms with E-state index in [1.54, 1.807) is 12.1 Å². The molecule has 0 amide bonds. The van der Waals surface area contributed by atoms with Crippen LogP contribution in [-0.4, -0.2) is 24.7 Å². The molecule has 1 aliphatic rings. The van der Waals surface area contributed by atoms with Crippen molar-refractivity contribution >= 4 is 17.3 Å². The number of nitriles is 1. The number of carboxylic acids is 1. The maximum Gasteiger partial charge on any atom is 0.335 e. The summed E-state index contributed by atoms with van der Waals surface area (Å²) in [5.74, 6) is -0.982. The average Bonchev–Trinajstić information content (AvgIpc) is 3.08. The Balaban J connectivity index is 2.14. The van der Waals surface area contributed by atoms with Gasteiger partial charge in [-0.15, -0.1) is 0 Å². The predicted molar refractivity (Wildman–Crippen MR) is 73.0 cm³/mol. The number of nitrogen functional groups attached to an aromatic ring is 1. The van der Waals surface area contributed by atoms with Gasteiger partial charge in [-0.2, -0.15) is 5.26 Å². The first kappa shape index (κ1) is 13.2. The monoisotopic (exact) mass is 259 g/mol. The minimum absolute atomic E-state index is 0.0986. The van der Waals surface area contributed by atoms with Gasteiger partial charge in [0.2, 0.25) is 0 Å². The molecule has 1 aromatic carbocycles. The molecule has 5 heteroatoms. The van der Waals surface area contributed by atoms with Gasteiger partial charge < -0.3 is 15.7 Å². The third kappa shape index (κ3) is 2.79. The highest BCUT2D eigenvalue weighted by Gasteiger charge is 2.43. The molecular weight excluding hydrogens is 242 g/mol. The minimum atomic E-state index is -0.982. The Bertz CT molecular complexity index is 544. The zero-order valence-corrected chi connectivity index (χ0v) is 10.9. The molecule has 5 nitrogen and oxygen atoms in total. The highest BCUT2D eigenvalue weighted by Crippen LogP contribution is 2.49. The van der Waals surface area contributed by atoms with Crippen molar-refractivity contribution in [3.05, 3.63) is 23.8 Å². The van der Waals surface area contributed by atoms with Crippen molar-refractivity contribution in [2.45, 2.75) is 19.3 Å². The SMILES string of the molecule is CN(CC1(CC#N)CC1)c1ccc(C(=O)O)cc1N. The number of rotatable bonds is 5. The highest BCUT2D eigenvalue weighted by atomic mass is 16.4. The second kappa shape index (κ2) is 4.81. The van der Waals surface area contributed by atoms with E-state index in [9.17, 15) is 4.79 Å². The summed E-state index contributed by atoms with van der Waals surface area (Å²) in [6.45, 7) is 0.775. The summed E-state index contributed by atoms with van der Waals surface area (Å²) in [6.07, 6.45) is 2.69. The van der Waals surface area contributed by atoms with Crippen LogP contribution < -0.4 is 10.6 Å². The van der Waals surface area contributed by atoms with Gasteiger partial charge in [0, 0.05) is 25.4 Å². The van der Waals surface area contributed by atoms with Crippen molar-refractivity contribution in [3.8, 4) is 6.07 Å². The van der Waals surface area contributed by atoms with E-state index >= 15 is 0 Å². The Labute approximate surface area is 112 Å². The van der Waals surface area contributed by atoms with E-state index < -0.39 is 5.97 Å². The summed E-state index contributed by atoms with van der Waals surface area (Å²) in [6, 6.07) is 6.97. The number of benzene rings is 1. The summed E-state index contributed by atoms with van der Waals surface area (Å²) in [7, 11) is 1.92. The Kier molecular flexibility index (Phi) is 3.34. The van der Waals surface area contributed by atoms with Crippen LogP contribution in [-0.2, 0) is 0 Å². The first-order chi connectivity index (χ1) is 8.97. The first-order valence-electron chi connectivity index (χ1n) is 6.18. The molecule has 0 aliphatic heterocycles. The number of nitrogens with two attached hydrogens (primary N) is 1. The minimum Gasteiger partial charge on any atom is -0.478 e. The molecule has 1 aliphatic carbocycles. The molecule has 0 atom stereocenters. The Morgan fingerprint density at radius 3 is 2.74 bits per heavy atom. The number of nitrogens with zero attached hydrogens (tertiary/aromatic N) is 2. The molecule has 0 aromatic heterocycles. The molecule has 2 rings (SSSR count). The van der Waals surface area contributed by atoms with Gasteiger partial charge in [0.05, 0.1) is 23.0 Å². The molecule has 0 bridgehead atoms. The zero-order valence-electron chi connectivity index (χ0n) is 10.9. The van der Waals surface area contributed by atoms with Crippen molar-refractivity contribution in [3.63, 3.8) is 0 Å². The van der Waals surface area contributed by atoms with Crippen LogP contribution in [0.3, 0.4) is 0 Å². The molecule has 19 heavy (non-hydrogen) atoms. The molecule has 1 fully saturated rings. The molecule has 1 saturated carbocycles. The molecule has 1 aromatic rings. The van der Waals surface area contributed by atoms with Crippen molar-refractivity contribution in [2.75, 3.05) is 24.2 Å². The summed E-state index contributed by atoms with van der Waals surface area (Å²) in [5.41, 5.74) is 7.46. The lowest BCUT2D eigenvalue weighted by molar-refractivity contribution is 0.0697. The molecule has 0 radical (unpaired) electrons. The second-order valence-corrected chi connectivity index (χ2v) is 5.27. The standard InChI is InChI=1S/C14H17N3O2/c1-17(9-14(4-5-14)6-7-15)12-3-2-10(13(18)19)8-11(12)16/h2-3,8H,4-6,9,16H2,1H3,(H,18,19). The third-order valence-electron chi connectivity index (χ3n) is 3.67. The van der Waals surface area contributed by atoms with Crippen LogP contribution in [0.2, 0.25) is 0 Å². The molecule has 3 N–H and O–H groups in total. The van der Waals surface area contributed by atoms with E-state index in [1.165, 1.54) is 6.07 Å². The summed E-state index contributed by atoms with van der Waals surface area (Å²) >= 11 is 0. The van der Waals surface area contributed by atoms with Crippen molar-refractivity contribution in [1.82, 2.24) is 0 Å². The molecule has 0 heterocycles. The van der Waals surface area contributed by atoms with Gasteiger partial charge >= 0.3 is 5.97 Å². The fraction of sp³-hybridized carbons (Fsp3) is 0.429. The molecular formula is C14H17N3O2. The molecule has 0 spiro atoms. The summed E-state index contributed by atoms with van der Waals surface area (Å²) in [4.78, 5) is 12.9. The maximum absolute atomic E-state index is 10.9. The zero-order chi connectivity index (χ0) is 14.0. The summed E-state index contributed by atoms with van der Waals surface area (Å²) < 4.78 is 0. The van der Waals surface area contributed by atoms with Gasteiger partial charge in [-0.1, -0.05) is 0 Å². The van der Waals surface area contributed by atoms with Crippen LogP contribution in [0.5, 0.6) is 0 Å². The van der Waals surface area contributed by atoms with Gasteiger partial charge in [0.1, 0.15) is 0 Å². The van der Waals surface area contributed by atoms with E-state index in [0.717, 1.165) is 25.1 Å². The van der Waals surface area contributed by atoms with E-state index in [0.29, 0.717) is 12.1 Å². The van der Waals surface area contributed by atoms with Gasteiger partial charge in [-0.25, -0.2) is 4.79 Å². The Hall–Kier alpha value is -2.22. The number of hydrogen-bond acceptors (Lipinski definition) is 4. The number of carbonyl (C=O) groups is 1. The number of aromatic carboxylic acids is 1. The largest absolute Gasteiger partial charge is 0.478 e. The number of carboxylic acid groups (broad SMARTS) is 1. The quantitative estimate of drug-likeness (QED) is 0.790. The average molecular weight is 259 g/mol. The van der Waals surface area contributed by atoms with Crippen LogP contribution in [0.25, 0.3) is 0 Å². The lowest BCUT2D eigenvalue weighted by Crippen LogP contribution is -2.27. The lowest BCUT2D eigenvalue weighted by atomic mass is 10.0. The fourth-order valence-corrected chi connectivity index (χ4v) is 2.36. The van der Waals surface area contributed by atoms with Gasteiger partial charge in [0.15, 0.2) is 0 Å². The van der Waals surface area contributed by atoms with Crippen molar-refractivity contribution in [1.29, 1.82) is 5.26 Å². The van der Waals surface area contributed by atoms with Crippen LogP contribution >= 0.6 is 0 Å². The summed E-state index contributed by atoms with van der Waals surface area (Å²) in [5, 5.41) is 17.7. The van der Waals surface area contributed by atoms with Gasteiger partial charge in [-0.3, -0.25) is 0 Å². The van der Waals surface area contributed by atoms with Crippen LogP contribution in [0, 0.1) is 16.7 Å². The predicted octanol–water partition coefficient (Wildman–Crippen LogP) is 2.10. The topological polar surface area (TPSA) is 90.3 Å². The van der Waals surface area contributed by atoms with Gasteiger partial charge in [0.25, 0.3) is 0 Å².